The van der Waals surface area contributed by atoms with Gasteiger partial charge in [-0.1, -0.05) is 43.1 Å². The molecule has 0 fully saturated rings. The van der Waals surface area contributed by atoms with E-state index in [2.05, 4.69) is 42.0 Å². The highest BCUT2D eigenvalue weighted by atomic mass is 79.9. The highest BCUT2D eigenvalue weighted by molar-refractivity contribution is 9.10. The van der Waals surface area contributed by atoms with Crippen LogP contribution in [0, 0.1) is 5.92 Å². The maximum Gasteiger partial charge on any atom is 0.0545 e. The number of hydrogen-bond donors (Lipinski definition) is 1. The first-order chi connectivity index (χ1) is 9.08. The summed E-state index contributed by atoms with van der Waals surface area (Å²) in [4.78, 5) is 0.912. The molecule has 108 valence electrons. The number of hydrogen-bond acceptors (Lipinski definition) is 2. The molecule has 4 heteroatoms. The van der Waals surface area contributed by atoms with E-state index in [4.69, 9.17) is 0 Å². The predicted octanol–water partition coefficient (Wildman–Crippen LogP) is 3.97. The monoisotopic (exact) mass is 345 g/mol. The van der Waals surface area contributed by atoms with Crippen molar-refractivity contribution in [2.75, 3.05) is 12.3 Å². The van der Waals surface area contributed by atoms with E-state index >= 15 is 0 Å². The van der Waals surface area contributed by atoms with E-state index < -0.39 is 10.8 Å². The molecule has 1 aromatic carbocycles. The molecule has 0 aliphatic heterocycles. The molecule has 0 spiro atoms. The molecule has 0 radical (unpaired) electrons. The first-order valence-electron chi connectivity index (χ1n) is 6.95. The van der Waals surface area contributed by atoms with Crippen LogP contribution in [0.15, 0.2) is 33.6 Å². The zero-order valence-corrected chi connectivity index (χ0v) is 14.4. The maximum atomic E-state index is 12.4. The van der Waals surface area contributed by atoms with Crippen molar-refractivity contribution in [1.29, 1.82) is 0 Å². The van der Waals surface area contributed by atoms with Gasteiger partial charge in [-0.3, -0.25) is 4.21 Å². The summed E-state index contributed by atoms with van der Waals surface area (Å²) in [5, 5.41) is 3.53. The number of rotatable bonds is 8. The summed E-state index contributed by atoms with van der Waals surface area (Å²) < 4.78 is 13.4. The Morgan fingerprint density at radius 2 is 1.89 bits per heavy atom. The zero-order chi connectivity index (χ0) is 14.3. The number of benzene rings is 1. The lowest BCUT2D eigenvalue weighted by Gasteiger charge is -2.24. The second kappa shape index (κ2) is 8.88. The molecule has 0 aliphatic rings. The Bertz CT molecular complexity index is 394. The van der Waals surface area contributed by atoms with Gasteiger partial charge in [-0.2, -0.15) is 0 Å². The molecule has 0 saturated heterocycles. The fourth-order valence-electron chi connectivity index (χ4n) is 1.88. The van der Waals surface area contributed by atoms with Crippen molar-refractivity contribution >= 4 is 26.7 Å². The van der Waals surface area contributed by atoms with E-state index in [-0.39, 0.29) is 0 Å². The summed E-state index contributed by atoms with van der Waals surface area (Å²) in [7, 11) is -0.931. The molecule has 3 unspecified atom stereocenters. The smallest absolute Gasteiger partial charge is 0.0545 e. The fraction of sp³-hybridized carbons (Fsp3) is 0.600. The molecule has 0 aromatic heterocycles. The molecule has 2 nitrogen and oxygen atoms in total. The van der Waals surface area contributed by atoms with Crippen LogP contribution >= 0.6 is 15.9 Å². The average Bonchev–Trinajstić information content (AvgIpc) is 2.43. The Kier molecular flexibility index (Phi) is 7.88. The van der Waals surface area contributed by atoms with Crippen molar-refractivity contribution in [1.82, 2.24) is 5.32 Å². The average molecular weight is 346 g/mol. The highest BCUT2D eigenvalue weighted by Gasteiger charge is 2.18. The summed E-state index contributed by atoms with van der Waals surface area (Å²) in [5.41, 5.74) is 0. The minimum absolute atomic E-state index is 0.328. The van der Waals surface area contributed by atoms with Gasteiger partial charge in [0, 0.05) is 21.2 Å². The van der Waals surface area contributed by atoms with E-state index in [1.54, 1.807) is 0 Å². The summed E-state index contributed by atoms with van der Waals surface area (Å²) >= 11 is 3.40. The van der Waals surface area contributed by atoms with E-state index in [0.717, 1.165) is 28.8 Å². The van der Waals surface area contributed by atoms with Crippen LogP contribution < -0.4 is 5.32 Å². The van der Waals surface area contributed by atoms with Gasteiger partial charge in [-0.15, -0.1) is 0 Å². The number of nitrogens with one attached hydrogen (secondary N) is 1. The minimum atomic E-state index is -0.931. The van der Waals surface area contributed by atoms with Crippen molar-refractivity contribution in [3.05, 3.63) is 28.7 Å². The third kappa shape index (κ3) is 5.76. The van der Waals surface area contributed by atoms with Crippen LogP contribution in [-0.4, -0.2) is 22.5 Å². The Morgan fingerprint density at radius 1 is 1.26 bits per heavy atom. The molecule has 0 aliphatic carbocycles. The van der Waals surface area contributed by atoms with E-state index in [1.807, 2.05) is 24.3 Å². The van der Waals surface area contributed by atoms with Gasteiger partial charge in [0.2, 0.25) is 0 Å². The molecule has 0 amide bonds. The Labute approximate surface area is 128 Å². The first kappa shape index (κ1) is 16.9. The Balaban J connectivity index is 2.66. The fourth-order valence-corrected chi connectivity index (χ4v) is 3.55. The molecule has 0 saturated carbocycles. The van der Waals surface area contributed by atoms with Gasteiger partial charge in [-0.25, -0.2) is 0 Å². The first-order valence-corrected chi connectivity index (χ1v) is 9.07. The molecule has 3 atom stereocenters. The lowest BCUT2D eigenvalue weighted by Crippen LogP contribution is -2.39. The standard InChI is InChI=1S/C15H24BrNOS/c1-4-10-17-15(12(3)5-2)11-19(18)14-8-6-13(16)7-9-14/h6-9,12,15,17H,4-5,10-11H2,1-3H3. The quantitative estimate of drug-likeness (QED) is 0.772. The van der Waals surface area contributed by atoms with Crippen molar-refractivity contribution in [3.63, 3.8) is 0 Å². The van der Waals surface area contributed by atoms with Crippen molar-refractivity contribution in [2.45, 2.75) is 44.6 Å². The van der Waals surface area contributed by atoms with E-state index in [0.29, 0.717) is 17.7 Å². The van der Waals surface area contributed by atoms with Crippen LogP contribution in [0.5, 0.6) is 0 Å². The van der Waals surface area contributed by atoms with Gasteiger partial charge in [0.15, 0.2) is 0 Å². The molecule has 0 heterocycles. The van der Waals surface area contributed by atoms with Gasteiger partial charge in [0.05, 0.1) is 10.8 Å². The molecule has 0 bridgehead atoms. The van der Waals surface area contributed by atoms with Gasteiger partial charge >= 0.3 is 0 Å². The Hall–Kier alpha value is -0.190. The largest absolute Gasteiger partial charge is 0.313 e. The van der Waals surface area contributed by atoms with Gasteiger partial charge in [-0.05, 0) is 43.1 Å². The van der Waals surface area contributed by atoms with Crippen LogP contribution in [0.3, 0.4) is 0 Å². The minimum Gasteiger partial charge on any atom is -0.313 e. The molecule has 1 rings (SSSR count). The topological polar surface area (TPSA) is 29.1 Å². The molecule has 1 aromatic rings. The van der Waals surface area contributed by atoms with Crippen molar-refractivity contribution < 1.29 is 4.21 Å². The summed E-state index contributed by atoms with van der Waals surface area (Å²) in [6.45, 7) is 7.57. The van der Waals surface area contributed by atoms with Crippen LogP contribution in [0.25, 0.3) is 0 Å². The lowest BCUT2D eigenvalue weighted by molar-refractivity contribution is 0.394. The Morgan fingerprint density at radius 3 is 2.42 bits per heavy atom. The normalized spacial score (nSPS) is 16.0. The summed E-state index contributed by atoms with van der Waals surface area (Å²) in [6, 6.07) is 8.10. The van der Waals surface area contributed by atoms with Gasteiger partial charge in [0.25, 0.3) is 0 Å². The zero-order valence-electron chi connectivity index (χ0n) is 12.0. The third-order valence-electron chi connectivity index (χ3n) is 3.39. The van der Waals surface area contributed by atoms with Crippen LogP contribution in [-0.2, 0) is 10.8 Å². The highest BCUT2D eigenvalue weighted by Crippen LogP contribution is 2.16. The van der Waals surface area contributed by atoms with Crippen LogP contribution in [0.2, 0.25) is 0 Å². The van der Waals surface area contributed by atoms with Crippen molar-refractivity contribution in [3.8, 4) is 0 Å². The summed E-state index contributed by atoms with van der Waals surface area (Å²) in [5.74, 6) is 1.24. The third-order valence-corrected chi connectivity index (χ3v) is 5.38. The predicted molar refractivity (Wildman–Crippen MR) is 87.0 cm³/mol. The molecule has 1 N–H and O–H groups in total. The van der Waals surface area contributed by atoms with E-state index in [1.165, 1.54) is 0 Å². The van der Waals surface area contributed by atoms with Crippen molar-refractivity contribution in [2.24, 2.45) is 5.92 Å². The second-order valence-corrected chi connectivity index (χ2v) is 7.32. The lowest BCUT2D eigenvalue weighted by atomic mass is 10.0. The SMILES string of the molecule is CCCNC(CS(=O)c1ccc(Br)cc1)C(C)CC. The van der Waals surface area contributed by atoms with Crippen LogP contribution in [0.4, 0.5) is 0 Å². The molecular formula is C15H24BrNOS. The van der Waals surface area contributed by atoms with Gasteiger partial charge in [0.1, 0.15) is 0 Å². The number of halogens is 1. The second-order valence-electron chi connectivity index (χ2n) is 4.91. The molecule has 19 heavy (non-hydrogen) atoms. The van der Waals surface area contributed by atoms with E-state index in [9.17, 15) is 4.21 Å². The maximum absolute atomic E-state index is 12.4. The van der Waals surface area contributed by atoms with Crippen LogP contribution in [0.1, 0.15) is 33.6 Å². The molecular weight excluding hydrogens is 322 g/mol. The van der Waals surface area contributed by atoms with Gasteiger partial charge < -0.3 is 5.32 Å². The summed E-state index contributed by atoms with van der Waals surface area (Å²) in [6.07, 6.45) is 2.22.